The highest BCUT2D eigenvalue weighted by Gasteiger charge is 2.13. The fourth-order valence-corrected chi connectivity index (χ4v) is 3.20. The first-order chi connectivity index (χ1) is 15.2. The molecule has 0 aromatic heterocycles. The van der Waals surface area contributed by atoms with E-state index in [1.165, 1.54) is 11.8 Å². The maximum Gasteiger partial charge on any atom is 0.338 e. The Bertz CT molecular complexity index is 1020. The standard InChI is InChI=1S/C25H26O6S/c1-16(2)23(26)29-13-6-14-30-25(28)19-9-12-21(22(15-19)32-5)18-7-10-20(11-8-18)31-24(27)17(3)4/h7-12,15H,1,3,6,13-14H2,2,4-5H3. The summed E-state index contributed by atoms with van der Waals surface area (Å²) >= 11 is 1.51. The van der Waals surface area contributed by atoms with E-state index in [1.807, 2.05) is 24.5 Å². The van der Waals surface area contributed by atoms with Crippen LogP contribution in [0.5, 0.6) is 5.75 Å². The van der Waals surface area contributed by atoms with Crippen molar-refractivity contribution in [3.8, 4) is 16.9 Å². The van der Waals surface area contributed by atoms with Crippen molar-refractivity contribution in [3.05, 3.63) is 72.3 Å². The molecule has 0 aliphatic heterocycles. The van der Waals surface area contributed by atoms with Crippen molar-refractivity contribution in [2.45, 2.75) is 25.2 Å². The molecule has 0 spiro atoms. The van der Waals surface area contributed by atoms with Crippen LogP contribution in [0.1, 0.15) is 30.6 Å². The first-order valence-corrected chi connectivity index (χ1v) is 11.1. The molecule has 0 N–H and O–H groups in total. The molecule has 7 heteroatoms. The highest BCUT2D eigenvalue weighted by Crippen LogP contribution is 2.32. The fraction of sp³-hybridized carbons (Fsp3) is 0.240. The van der Waals surface area contributed by atoms with Crippen molar-refractivity contribution in [2.24, 2.45) is 0 Å². The molecule has 168 valence electrons. The van der Waals surface area contributed by atoms with Gasteiger partial charge in [0.1, 0.15) is 5.75 Å². The molecule has 0 fully saturated rings. The van der Waals surface area contributed by atoms with E-state index in [4.69, 9.17) is 14.2 Å². The molecule has 0 saturated carbocycles. The van der Waals surface area contributed by atoms with Crippen LogP contribution in [0.4, 0.5) is 0 Å². The normalized spacial score (nSPS) is 10.2. The van der Waals surface area contributed by atoms with Gasteiger partial charge in [-0.25, -0.2) is 14.4 Å². The van der Waals surface area contributed by atoms with Crippen molar-refractivity contribution >= 4 is 29.7 Å². The summed E-state index contributed by atoms with van der Waals surface area (Å²) in [5.74, 6) is -0.945. The number of carbonyl (C=O) groups excluding carboxylic acids is 3. The van der Waals surface area contributed by atoms with Gasteiger partial charge in [0, 0.05) is 22.5 Å². The zero-order valence-electron chi connectivity index (χ0n) is 18.4. The third kappa shape index (κ3) is 7.13. The number of ether oxygens (including phenoxy) is 3. The van der Waals surface area contributed by atoms with E-state index in [-0.39, 0.29) is 13.2 Å². The largest absolute Gasteiger partial charge is 0.462 e. The van der Waals surface area contributed by atoms with Gasteiger partial charge in [0.05, 0.1) is 18.8 Å². The van der Waals surface area contributed by atoms with Crippen LogP contribution in [0.2, 0.25) is 0 Å². The van der Waals surface area contributed by atoms with E-state index in [1.54, 1.807) is 38.1 Å². The topological polar surface area (TPSA) is 78.9 Å². The highest BCUT2D eigenvalue weighted by molar-refractivity contribution is 7.98. The van der Waals surface area contributed by atoms with Gasteiger partial charge in [-0.2, -0.15) is 0 Å². The van der Waals surface area contributed by atoms with Crippen molar-refractivity contribution < 1.29 is 28.6 Å². The molecule has 0 aliphatic rings. The molecule has 0 heterocycles. The predicted molar refractivity (Wildman–Crippen MR) is 125 cm³/mol. The Labute approximate surface area is 192 Å². The van der Waals surface area contributed by atoms with Crippen molar-refractivity contribution in [1.82, 2.24) is 0 Å². The second-order valence-corrected chi connectivity index (χ2v) is 7.86. The maximum atomic E-state index is 12.4. The average Bonchev–Trinajstić information content (AvgIpc) is 2.78. The summed E-state index contributed by atoms with van der Waals surface area (Å²) in [4.78, 5) is 36.2. The maximum absolute atomic E-state index is 12.4. The molecule has 0 bridgehead atoms. The van der Waals surface area contributed by atoms with Crippen LogP contribution in [0.25, 0.3) is 11.1 Å². The molecular formula is C25H26O6S. The minimum absolute atomic E-state index is 0.142. The Morgan fingerprint density at radius 1 is 0.875 bits per heavy atom. The predicted octanol–water partition coefficient (Wildman–Crippen LogP) is 5.22. The van der Waals surface area contributed by atoms with Crippen LogP contribution in [-0.2, 0) is 19.1 Å². The second kappa shape index (κ2) is 11.9. The van der Waals surface area contributed by atoms with E-state index in [2.05, 4.69) is 13.2 Å². The van der Waals surface area contributed by atoms with Crippen molar-refractivity contribution in [3.63, 3.8) is 0 Å². The van der Waals surface area contributed by atoms with Crippen molar-refractivity contribution in [2.75, 3.05) is 19.5 Å². The Kier molecular flexibility index (Phi) is 9.28. The van der Waals surface area contributed by atoms with Gasteiger partial charge in [-0.05, 0) is 55.5 Å². The lowest BCUT2D eigenvalue weighted by Crippen LogP contribution is -2.11. The monoisotopic (exact) mass is 454 g/mol. The van der Waals surface area contributed by atoms with E-state index < -0.39 is 17.9 Å². The van der Waals surface area contributed by atoms with Crippen LogP contribution in [0.15, 0.2) is 71.7 Å². The van der Waals surface area contributed by atoms with E-state index in [9.17, 15) is 14.4 Å². The van der Waals surface area contributed by atoms with Crippen LogP contribution in [0.3, 0.4) is 0 Å². The van der Waals surface area contributed by atoms with E-state index in [0.29, 0.717) is 28.9 Å². The van der Waals surface area contributed by atoms with Crippen LogP contribution in [0, 0.1) is 0 Å². The van der Waals surface area contributed by atoms with E-state index in [0.717, 1.165) is 16.0 Å². The summed E-state index contributed by atoms with van der Waals surface area (Å²) in [6.07, 6.45) is 2.33. The number of benzene rings is 2. The van der Waals surface area contributed by atoms with Gasteiger partial charge in [0.2, 0.25) is 0 Å². The van der Waals surface area contributed by atoms with Crippen LogP contribution < -0.4 is 4.74 Å². The zero-order valence-corrected chi connectivity index (χ0v) is 19.3. The molecule has 2 aromatic rings. The zero-order chi connectivity index (χ0) is 23.7. The Morgan fingerprint density at radius 3 is 2.09 bits per heavy atom. The van der Waals surface area contributed by atoms with Gasteiger partial charge in [-0.3, -0.25) is 0 Å². The van der Waals surface area contributed by atoms with Gasteiger partial charge in [-0.15, -0.1) is 11.8 Å². The number of carbonyl (C=O) groups is 3. The molecule has 0 amide bonds. The average molecular weight is 455 g/mol. The highest BCUT2D eigenvalue weighted by atomic mass is 32.2. The van der Waals surface area contributed by atoms with Gasteiger partial charge < -0.3 is 14.2 Å². The number of thioether (sulfide) groups is 1. The lowest BCUT2D eigenvalue weighted by molar-refractivity contribution is -0.139. The molecule has 32 heavy (non-hydrogen) atoms. The molecule has 2 aromatic carbocycles. The molecule has 0 aliphatic carbocycles. The smallest absolute Gasteiger partial charge is 0.338 e. The van der Waals surface area contributed by atoms with E-state index >= 15 is 0 Å². The van der Waals surface area contributed by atoms with Gasteiger partial charge in [0.15, 0.2) is 0 Å². The summed E-state index contributed by atoms with van der Waals surface area (Å²) in [7, 11) is 0. The third-order valence-electron chi connectivity index (χ3n) is 4.27. The molecule has 0 radical (unpaired) electrons. The van der Waals surface area contributed by atoms with Gasteiger partial charge in [0.25, 0.3) is 0 Å². The van der Waals surface area contributed by atoms with Crippen LogP contribution in [-0.4, -0.2) is 37.4 Å². The number of hydrogen-bond acceptors (Lipinski definition) is 7. The second-order valence-electron chi connectivity index (χ2n) is 7.02. The number of esters is 3. The Morgan fingerprint density at radius 2 is 1.50 bits per heavy atom. The number of rotatable bonds is 10. The fourth-order valence-electron chi connectivity index (χ4n) is 2.55. The minimum atomic E-state index is -0.473. The SMILES string of the molecule is C=C(C)C(=O)OCCCOC(=O)c1ccc(-c2ccc(OC(=O)C(=C)C)cc2)c(SC)c1. The summed E-state index contributed by atoms with van der Waals surface area (Å²) in [6.45, 7) is 10.5. The molecule has 0 saturated heterocycles. The summed E-state index contributed by atoms with van der Waals surface area (Å²) in [5, 5.41) is 0. The summed E-state index contributed by atoms with van der Waals surface area (Å²) in [5.41, 5.74) is 2.95. The van der Waals surface area contributed by atoms with Crippen molar-refractivity contribution in [1.29, 1.82) is 0 Å². The molecule has 6 nitrogen and oxygen atoms in total. The van der Waals surface area contributed by atoms with Gasteiger partial charge in [-0.1, -0.05) is 31.4 Å². The first kappa shape index (κ1) is 24.9. The lowest BCUT2D eigenvalue weighted by atomic mass is 10.0. The summed E-state index contributed by atoms with van der Waals surface area (Å²) in [6, 6.07) is 12.4. The van der Waals surface area contributed by atoms with Crippen LogP contribution >= 0.6 is 11.8 Å². The van der Waals surface area contributed by atoms with Gasteiger partial charge >= 0.3 is 17.9 Å². The Hall–Kier alpha value is -3.32. The lowest BCUT2D eigenvalue weighted by Gasteiger charge is -2.11. The first-order valence-electron chi connectivity index (χ1n) is 9.89. The molecule has 0 unspecified atom stereocenters. The number of hydrogen-bond donors (Lipinski definition) is 0. The molecule has 2 rings (SSSR count). The quantitative estimate of drug-likeness (QED) is 0.160. The molecule has 0 atom stereocenters. The Balaban J connectivity index is 2.00. The molecular weight excluding hydrogens is 428 g/mol. The minimum Gasteiger partial charge on any atom is -0.462 e. The summed E-state index contributed by atoms with van der Waals surface area (Å²) < 4.78 is 15.5. The third-order valence-corrected chi connectivity index (χ3v) is 5.04.